The Morgan fingerprint density at radius 3 is 2.75 bits per heavy atom. The van der Waals surface area contributed by atoms with Crippen LogP contribution in [0.4, 0.5) is 0 Å². The van der Waals surface area contributed by atoms with E-state index in [0.717, 1.165) is 4.88 Å². The summed E-state index contributed by atoms with van der Waals surface area (Å²) >= 11 is 1.44. The van der Waals surface area contributed by atoms with Gasteiger partial charge in [0.15, 0.2) is 5.78 Å². The molecule has 2 rings (SSSR count). The Balaban J connectivity index is 2.17. The van der Waals surface area contributed by atoms with E-state index < -0.39 is 10.0 Å². The molecule has 0 saturated heterocycles. The van der Waals surface area contributed by atoms with Gasteiger partial charge in [-0.25, -0.2) is 18.1 Å². The largest absolute Gasteiger partial charge is 0.295 e. The Morgan fingerprint density at radius 2 is 2.15 bits per heavy atom. The van der Waals surface area contributed by atoms with Gasteiger partial charge in [0.25, 0.3) is 0 Å². The van der Waals surface area contributed by atoms with Crippen molar-refractivity contribution in [2.24, 2.45) is 0 Å². The van der Waals surface area contributed by atoms with Gasteiger partial charge in [0.1, 0.15) is 5.01 Å². The van der Waals surface area contributed by atoms with E-state index in [1.54, 1.807) is 18.3 Å². The molecular formula is C13H14N2O3S2. The summed E-state index contributed by atoms with van der Waals surface area (Å²) < 4.78 is 26.8. The number of aromatic nitrogens is 1. The molecule has 0 spiro atoms. The van der Waals surface area contributed by atoms with Crippen molar-refractivity contribution in [3.63, 3.8) is 0 Å². The van der Waals surface area contributed by atoms with Crippen molar-refractivity contribution in [2.45, 2.75) is 25.3 Å². The molecule has 0 aliphatic rings. The molecule has 2 aromatic rings. The summed E-state index contributed by atoms with van der Waals surface area (Å²) in [6.45, 7) is 3.45. The Morgan fingerprint density at radius 1 is 1.40 bits per heavy atom. The zero-order valence-electron chi connectivity index (χ0n) is 11.1. The summed E-state index contributed by atoms with van der Waals surface area (Å²) in [4.78, 5) is 16.5. The number of carbonyl (C=O) groups is 1. The number of nitrogens with one attached hydrogen (secondary N) is 1. The fraction of sp³-hybridized carbons (Fsp3) is 0.231. The molecule has 0 aliphatic carbocycles. The van der Waals surface area contributed by atoms with Crippen LogP contribution in [0.2, 0.25) is 0 Å². The number of carbonyl (C=O) groups excluding carboxylic acids is 1. The molecule has 0 atom stereocenters. The topological polar surface area (TPSA) is 76.1 Å². The van der Waals surface area contributed by atoms with Crippen LogP contribution in [0, 0.1) is 6.92 Å². The number of aryl methyl sites for hydroxylation is 1. The van der Waals surface area contributed by atoms with Gasteiger partial charge in [0.2, 0.25) is 10.0 Å². The van der Waals surface area contributed by atoms with Crippen LogP contribution in [-0.2, 0) is 16.6 Å². The summed E-state index contributed by atoms with van der Waals surface area (Å²) in [5.41, 5.74) is 0.373. The molecule has 0 amide bonds. The van der Waals surface area contributed by atoms with E-state index in [9.17, 15) is 13.2 Å². The third kappa shape index (κ3) is 3.50. The van der Waals surface area contributed by atoms with Gasteiger partial charge in [-0.15, -0.1) is 11.3 Å². The highest BCUT2D eigenvalue weighted by Gasteiger charge is 2.15. The maximum Gasteiger partial charge on any atom is 0.240 e. The van der Waals surface area contributed by atoms with Crippen LogP contribution < -0.4 is 4.72 Å². The predicted octanol–water partition coefficient (Wildman–Crippen LogP) is 2.13. The van der Waals surface area contributed by atoms with Gasteiger partial charge in [-0.1, -0.05) is 12.1 Å². The SMILES string of the molecule is CC(=O)c1cccc(S(=O)(=O)NCc2ncc(C)s2)c1. The number of Topliss-reactive ketones (excluding diaryl/α,β-unsaturated/α-hetero) is 1. The number of benzene rings is 1. The molecule has 0 aliphatic heterocycles. The number of rotatable bonds is 5. The van der Waals surface area contributed by atoms with E-state index in [-0.39, 0.29) is 17.2 Å². The average molecular weight is 310 g/mol. The van der Waals surface area contributed by atoms with Crippen LogP contribution in [0.3, 0.4) is 0 Å². The summed E-state index contributed by atoms with van der Waals surface area (Å²) in [6, 6.07) is 5.98. The quantitative estimate of drug-likeness (QED) is 0.858. The smallest absolute Gasteiger partial charge is 0.240 e. The molecule has 0 fully saturated rings. The highest BCUT2D eigenvalue weighted by molar-refractivity contribution is 7.89. The number of ketones is 1. The third-order valence-corrected chi connectivity index (χ3v) is 4.95. The minimum atomic E-state index is -3.64. The first-order chi connectivity index (χ1) is 9.38. The third-order valence-electron chi connectivity index (χ3n) is 2.63. The highest BCUT2D eigenvalue weighted by Crippen LogP contribution is 2.14. The van der Waals surface area contributed by atoms with Gasteiger partial charge in [0, 0.05) is 16.6 Å². The number of hydrogen-bond acceptors (Lipinski definition) is 5. The number of thiazole rings is 1. The Bertz CT molecular complexity index is 736. The van der Waals surface area contributed by atoms with Gasteiger partial charge in [-0.3, -0.25) is 4.79 Å². The molecule has 0 bridgehead atoms. The molecule has 1 aromatic heterocycles. The van der Waals surface area contributed by atoms with Crippen molar-refractivity contribution < 1.29 is 13.2 Å². The lowest BCUT2D eigenvalue weighted by atomic mass is 10.2. The van der Waals surface area contributed by atoms with Crippen molar-refractivity contribution in [3.05, 3.63) is 45.9 Å². The number of hydrogen-bond donors (Lipinski definition) is 1. The second-order valence-electron chi connectivity index (χ2n) is 4.27. The maximum absolute atomic E-state index is 12.1. The van der Waals surface area contributed by atoms with Gasteiger partial charge >= 0.3 is 0 Å². The van der Waals surface area contributed by atoms with E-state index in [4.69, 9.17) is 0 Å². The molecule has 20 heavy (non-hydrogen) atoms. The zero-order valence-corrected chi connectivity index (χ0v) is 12.7. The van der Waals surface area contributed by atoms with Crippen molar-refractivity contribution in [1.29, 1.82) is 0 Å². The predicted molar refractivity (Wildman–Crippen MR) is 77.3 cm³/mol. The molecular weight excluding hydrogens is 296 g/mol. The van der Waals surface area contributed by atoms with Gasteiger partial charge < -0.3 is 0 Å². The van der Waals surface area contributed by atoms with Crippen LogP contribution in [-0.4, -0.2) is 19.2 Å². The van der Waals surface area contributed by atoms with E-state index in [2.05, 4.69) is 9.71 Å². The highest BCUT2D eigenvalue weighted by atomic mass is 32.2. The minimum Gasteiger partial charge on any atom is -0.295 e. The minimum absolute atomic E-state index is 0.0819. The number of sulfonamides is 1. The standard InChI is InChI=1S/C13H14N2O3S2/c1-9-7-14-13(19-9)8-15-20(17,18)12-5-3-4-11(6-12)10(2)16/h3-7,15H,8H2,1-2H3. The van der Waals surface area contributed by atoms with E-state index in [1.165, 1.54) is 30.4 Å². The van der Waals surface area contributed by atoms with Crippen LogP contribution >= 0.6 is 11.3 Å². The molecule has 1 heterocycles. The van der Waals surface area contributed by atoms with Crippen LogP contribution in [0.5, 0.6) is 0 Å². The Labute approximate surface area is 121 Å². The van der Waals surface area contributed by atoms with Gasteiger partial charge in [-0.2, -0.15) is 0 Å². The summed E-state index contributed by atoms with van der Waals surface area (Å²) in [6.07, 6.45) is 1.70. The molecule has 0 saturated carbocycles. The molecule has 7 heteroatoms. The molecule has 106 valence electrons. The average Bonchev–Trinajstić information content (AvgIpc) is 2.82. The molecule has 0 radical (unpaired) electrons. The van der Waals surface area contributed by atoms with Gasteiger partial charge in [-0.05, 0) is 26.0 Å². The van der Waals surface area contributed by atoms with Crippen molar-refractivity contribution in [2.75, 3.05) is 0 Å². The Kier molecular flexibility index (Phi) is 4.32. The second kappa shape index (κ2) is 5.82. The van der Waals surface area contributed by atoms with E-state index in [0.29, 0.717) is 10.6 Å². The molecule has 1 aromatic carbocycles. The Hall–Kier alpha value is -1.57. The molecule has 1 N–H and O–H groups in total. The lowest BCUT2D eigenvalue weighted by molar-refractivity contribution is 0.101. The van der Waals surface area contributed by atoms with Crippen molar-refractivity contribution in [1.82, 2.24) is 9.71 Å². The first kappa shape index (κ1) is 14.8. The maximum atomic E-state index is 12.1. The fourth-order valence-electron chi connectivity index (χ4n) is 1.61. The fourth-order valence-corrected chi connectivity index (χ4v) is 3.46. The van der Waals surface area contributed by atoms with Crippen LogP contribution in [0.25, 0.3) is 0 Å². The lowest BCUT2D eigenvalue weighted by Crippen LogP contribution is -2.23. The van der Waals surface area contributed by atoms with Crippen molar-refractivity contribution >= 4 is 27.1 Å². The molecule has 0 unspecified atom stereocenters. The first-order valence-electron chi connectivity index (χ1n) is 5.90. The summed E-state index contributed by atoms with van der Waals surface area (Å²) in [5, 5.41) is 0.703. The van der Waals surface area contributed by atoms with Gasteiger partial charge in [0.05, 0.1) is 11.4 Å². The molecule has 5 nitrogen and oxygen atoms in total. The van der Waals surface area contributed by atoms with E-state index in [1.807, 2.05) is 6.92 Å². The van der Waals surface area contributed by atoms with Crippen LogP contribution in [0.1, 0.15) is 27.2 Å². The monoisotopic (exact) mass is 310 g/mol. The normalized spacial score (nSPS) is 11.5. The first-order valence-corrected chi connectivity index (χ1v) is 8.20. The van der Waals surface area contributed by atoms with E-state index >= 15 is 0 Å². The summed E-state index contributed by atoms with van der Waals surface area (Å²) in [7, 11) is -3.64. The summed E-state index contributed by atoms with van der Waals surface area (Å²) in [5.74, 6) is -0.169. The second-order valence-corrected chi connectivity index (χ2v) is 7.36. The number of nitrogens with zero attached hydrogens (tertiary/aromatic N) is 1. The lowest BCUT2D eigenvalue weighted by Gasteiger charge is -2.06. The van der Waals surface area contributed by atoms with Crippen LogP contribution in [0.15, 0.2) is 35.4 Å². The van der Waals surface area contributed by atoms with Crippen molar-refractivity contribution in [3.8, 4) is 0 Å². The zero-order chi connectivity index (χ0) is 14.8.